The standard InChI is InChI=1S/C13H21N3O2/c17-5-3-11-7-12(15-14-11)13-9-16(4-6-18-13)8-10-1-2-10/h7,10,13,17H,1-6,8-9H2,(H,14,15)/t13-/m0/s1. The third-order valence-corrected chi connectivity index (χ3v) is 3.73. The van der Waals surface area contributed by atoms with Crippen molar-refractivity contribution in [3.63, 3.8) is 0 Å². The Bertz CT molecular complexity index is 389. The lowest BCUT2D eigenvalue weighted by Gasteiger charge is -2.32. The fourth-order valence-electron chi connectivity index (χ4n) is 2.51. The first-order chi connectivity index (χ1) is 8.85. The number of H-pyrrole nitrogens is 1. The van der Waals surface area contributed by atoms with E-state index in [-0.39, 0.29) is 12.7 Å². The number of aromatic nitrogens is 2. The summed E-state index contributed by atoms with van der Waals surface area (Å²) in [4.78, 5) is 2.49. The third-order valence-electron chi connectivity index (χ3n) is 3.73. The van der Waals surface area contributed by atoms with E-state index in [9.17, 15) is 0 Å². The van der Waals surface area contributed by atoms with Gasteiger partial charge in [0.1, 0.15) is 6.10 Å². The predicted octanol–water partition coefficient (Wildman–Crippen LogP) is 0.728. The van der Waals surface area contributed by atoms with Gasteiger partial charge in [-0.25, -0.2) is 0 Å². The maximum atomic E-state index is 8.90. The van der Waals surface area contributed by atoms with Crippen LogP contribution in [0.15, 0.2) is 6.07 Å². The molecule has 1 atom stereocenters. The molecule has 1 aliphatic carbocycles. The minimum atomic E-state index is 0.0844. The van der Waals surface area contributed by atoms with Crippen LogP contribution in [0.4, 0.5) is 0 Å². The van der Waals surface area contributed by atoms with Crippen molar-refractivity contribution in [3.8, 4) is 0 Å². The quantitative estimate of drug-likeness (QED) is 0.810. The molecule has 1 aliphatic heterocycles. The van der Waals surface area contributed by atoms with E-state index in [1.807, 2.05) is 6.07 Å². The predicted molar refractivity (Wildman–Crippen MR) is 67.2 cm³/mol. The van der Waals surface area contributed by atoms with Crippen molar-refractivity contribution in [2.24, 2.45) is 5.92 Å². The molecule has 2 N–H and O–H groups in total. The molecule has 0 amide bonds. The topological polar surface area (TPSA) is 61.4 Å². The summed E-state index contributed by atoms with van der Waals surface area (Å²) < 4.78 is 5.80. The van der Waals surface area contributed by atoms with Gasteiger partial charge in [-0.3, -0.25) is 10.00 Å². The van der Waals surface area contributed by atoms with E-state index in [4.69, 9.17) is 9.84 Å². The van der Waals surface area contributed by atoms with Gasteiger partial charge in [-0.1, -0.05) is 0 Å². The number of rotatable bonds is 5. The molecule has 1 saturated carbocycles. The largest absolute Gasteiger partial charge is 0.396 e. The van der Waals surface area contributed by atoms with Crippen LogP contribution in [-0.4, -0.2) is 53.1 Å². The highest BCUT2D eigenvalue weighted by molar-refractivity contribution is 5.12. The van der Waals surface area contributed by atoms with Gasteiger partial charge in [0.2, 0.25) is 0 Å². The monoisotopic (exact) mass is 251 g/mol. The molecule has 5 nitrogen and oxygen atoms in total. The summed E-state index contributed by atoms with van der Waals surface area (Å²) in [5.41, 5.74) is 1.95. The second-order valence-electron chi connectivity index (χ2n) is 5.35. The lowest BCUT2D eigenvalue weighted by atomic mass is 10.1. The van der Waals surface area contributed by atoms with Crippen molar-refractivity contribution in [3.05, 3.63) is 17.5 Å². The second-order valence-corrected chi connectivity index (χ2v) is 5.35. The Labute approximate surface area is 107 Å². The Morgan fingerprint density at radius 3 is 3.17 bits per heavy atom. The zero-order valence-corrected chi connectivity index (χ0v) is 10.6. The van der Waals surface area contributed by atoms with Gasteiger partial charge in [0, 0.05) is 38.4 Å². The van der Waals surface area contributed by atoms with Gasteiger partial charge in [0.15, 0.2) is 0 Å². The highest BCUT2D eigenvalue weighted by Crippen LogP contribution is 2.31. The van der Waals surface area contributed by atoms with Gasteiger partial charge in [-0.2, -0.15) is 5.10 Å². The van der Waals surface area contributed by atoms with Crippen LogP contribution in [-0.2, 0) is 11.2 Å². The van der Waals surface area contributed by atoms with Gasteiger partial charge in [-0.15, -0.1) is 0 Å². The average Bonchev–Trinajstić information content (AvgIpc) is 3.06. The van der Waals surface area contributed by atoms with Gasteiger partial charge in [0.25, 0.3) is 0 Å². The fourth-order valence-corrected chi connectivity index (χ4v) is 2.51. The molecular weight excluding hydrogens is 230 g/mol. The summed E-state index contributed by atoms with van der Waals surface area (Å²) in [7, 11) is 0. The molecule has 0 bridgehead atoms. The lowest BCUT2D eigenvalue weighted by molar-refractivity contribution is -0.0334. The van der Waals surface area contributed by atoms with Crippen LogP contribution in [0.3, 0.4) is 0 Å². The molecule has 1 aromatic heterocycles. The summed E-state index contributed by atoms with van der Waals surface area (Å²) in [6, 6.07) is 2.02. The van der Waals surface area contributed by atoms with Crippen molar-refractivity contribution >= 4 is 0 Å². The maximum absolute atomic E-state index is 8.90. The molecule has 0 aromatic carbocycles. The van der Waals surface area contributed by atoms with Crippen LogP contribution in [0, 0.1) is 5.92 Å². The molecule has 3 rings (SSSR count). The minimum absolute atomic E-state index is 0.0844. The minimum Gasteiger partial charge on any atom is -0.396 e. The van der Waals surface area contributed by atoms with Crippen molar-refractivity contribution < 1.29 is 9.84 Å². The second kappa shape index (κ2) is 5.38. The smallest absolute Gasteiger partial charge is 0.114 e. The van der Waals surface area contributed by atoms with Gasteiger partial charge in [-0.05, 0) is 24.8 Å². The summed E-state index contributed by atoms with van der Waals surface area (Å²) in [5, 5.41) is 16.2. The normalized spacial score (nSPS) is 25.5. The number of morpholine rings is 1. The first-order valence-electron chi connectivity index (χ1n) is 6.84. The molecule has 0 radical (unpaired) electrons. The zero-order valence-electron chi connectivity index (χ0n) is 10.6. The van der Waals surface area contributed by atoms with Crippen LogP contribution >= 0.6 is 0 Å². The number of ether oxygens (including phenoxy) is 1. The summed E-state index contributed by atoms with van der Waals surface area (Å²) in [6.45, 7) is 4.15. The molecule has 5 heteroatoms. The van der Waals surface area contributed by atoms with Crippen molar-refractivity contribution in [1.29, 1.82) is 0 Å². The maximum Gasteiger partial charge on any atom is 0.114 e. The van der Waals surface area contributed by atoms with Crippen LogP contribution in [0.1, 0.15) is 30.3 Å². The highest BCUT2D eigenvalue weighted by Gasteiger charge is 2.29. The molecule has 2 heterocycles. The van der Waals surface area contributed by atoms with E-state index >= 15 is 0 Å². The Morgan fingerprint density at radius 2 is 2.39 bits per heavy atom. The van der Waals surface area contributed by atoms with E-state index in [0.717, 1.165) is 37.0 Å². The van der Waals surface area contributed by atoms with Crippen LogP contribution in [0.5, 0.6) is 0 Å². The molecule has 100 valence electrons. The number of aliphatic hydroxyl groups is 1. The zero-order chi connectivity index (χ0) is 12.4. The Hall–Kier alpha value is -0.910. The third kappa shape index (κ3) is 2.91. The van der Waals surface area contributed by atoms with E-state index in [0.29, 0.717) is 6.42 Å². The lowest BCUT2D eigenvalue weighted by Crippen LogP contribution is -2.39. The van der Waals surface area contributed by atoms with Crippen molar-refractivity contribution in [1.82, 2.24) is 15.1 Å². The van der Waals surface area contributed by atoms with Crippen LogP contribution < -0.4 is 0 Å². The number of aromatic amines is 1. The van der Waals surface area contributed by atoms with E-state index in [1.54, 1.807) is 0 Å². The fraction of sp³-hybridized carbons (Fsp3) is 0.769. The summed E-state index contributed by atoms with van der Waals surface area (Å²) in [6.07, 6.45) is 3.50. The van der Waals surface area contributed by atoms with E-state index < -0.39 is 0 Å². The van der Waals surface area contributed by atoms with Gasteiger partial charge in [0.05, 0.1) is 12.3 Å². The molecule has 0 unspecified atom stereocenters. The average molecular weight is 251 g/mol. The number of hydrogen-bond donors (Lipinski definition) is 2. The molecule has 1 saturated heterocycles. The molecule has 2 fully saturated rings. The number of aliphatic hydroxyl groups excluding tert-OH is 1. The summed E-state index contributed by atoms with van der Waals surface area (Å²) >= 11 is 0. The van der Waals surface area contributed by atoms with Gasteiger partial charge >= 0.3 is 0 Å². The number of nitrogens with zero attached hydrogens (tertiary/aromatic N) is 2. The van der Waals surface area contributed by atoms with Crippen LogP contribution in [0.2, 0.25) is 0 Å². The van der Waals surface area contributed by atoms with E-state index in [2.05, 4.69) is 15.1 Å². The van der Waals surface area contributed by atoms with Crippen molar-refractivity contribution in [2.45, 2.75) is 25.4 Å². The van der Waals surface area contributed by atoms with E-state index in [1.165, 1.54) is 19.4 Å². The summed E-state index contributed by atoms with van der Waals surface area (Å²) in [5.74, 6) is 0.924. The first-order valence-corrected chi connectivity index (χ1v) is 6.84. The molecule has 0 spiro atoms. The molecule has 18 heavy (non-hydrogen) atoms. The molecule has 1 aromatic rings. The molecular formula is C13H21N3O2. The Kier molecular flexibility index (Phi) is 3.63. The molecule has 2 aliphatic rings. The number of hydrogen-bond acceptors (Lipinski definition) is 4. The number of nitrogens with one attached hydrogen (secondary N) is 1. The Balaban J connectivity index is 1.59. The Morgan fingerprint density at radius 1 is 1.50 bits per heavy atom. The van der Waals surface area contributed by atoms with Gasteiger partial charge < -0.3 is 9.84 Å². The van der Waals surface area contributed by atoms with Crippen LogP contribution in [0.25, 0.3) is 0 Å². The highest BCUT2D eigenvalue weighted by atomic mass is 16.5. The van der Waals surface area contributed by atoms with Crippen molar-refractivity contribution in [2.75, 3.05) is 32.8 Å². The SMILES string of the molecule is OCCc1cc([C@@H]2CN(CC3CC3)CCO2)n[nH]1. The first kappa shape index (κ1) is 12.1.